The Bertz CT molecular complexity index is 5670. The van der Waals surface area contributed by atoms with E-state index in [2.05, 4.69) is 327 Å². The molecule has 0 saturated carbocycles. The summed E-state index contributed by atoms with van der Waals surface area (Å²) in [6.45, 7) is 13.7. The van der Waals surface area contributed by atoms with Gasteiger partial charge in [0.25, 0.3) is 0 Å². The first kappa shape index (κ1) is 53.7. The van der Waals surface area contributed by atoms with Gasteiger partial charge < -0.3 is 27.8 Å². The Kier molecular flexibility index (Phi) is 11.7. The number of hydrogen-bond acceptors (Lipinski definition) is 4. The number of benzene rings is 14. The van der Waals surface area contributed by atoms with Crippen molar-refractivity contribution in [3.63, 3.8) is 0 Å². The summed E-state index contributed by atoms with van der Waals surface area (Å²) >= 11 is 0. The molecule has 0 fully saturated rings. The predicted molar refractivity (Wildman–Crippen MR) is 389 cm³/mol. The van der Waals surface area contributed by atoms with E-state index in [1.54, 1.807) is 0 Å². The van der Waals surface area contributed by atoms with Crippen molar-refractivity contribution in [1.29, 1.82) is 0 Å². The molecule has 0 spiro atoms. The van der Waals surface area contributed by atoms with E-state index in [1.807, 2.05) is 12.1 Å². The van der Waals surface area contributed by atoms with E-state index in [1.165, 1.54) is 65.0 Å². The van der Waals surface area contributed by atoms with Crippen molar-refractivity contribution in [3.8, 4) is 11.4 Å². The zero-order valence-corrected chi connectivity index (χ0v) is 52.2. The molecule has 4 aromatic heterocycles. The molecule has 18 aromatic rings. The van der Waals surface area contributed by atoms with Crippen LogP contribution in [0.1, 0.15) is 52.7 Å². The minimum absolute atomic E-state index is 0.0115. The second-order valence-electron chi connectivity index (χ2n) is 27.0. The van der Waals surface area contributed by atoms with Gasteiger partial charge in [0, 0.05) is 101 Å². The number of anilines is 6. The van der Waals surface area contributed by atoms with E-state index in [-0.39, 0.29) is 10.8 Å². The van der Waals surface area contributed by atoms with Crippen LogP contribution in [0.2, 0.25) is 0 Å². The van der Waals surface area contributed by atoms with Gasteiger partial charge in [0.2, 0.25) is 0 Å². The lowest BCUT2D eigenvalue weighted by atomic mass is 9.87. The zero-order valence-electron chi connectivity index (χ0n) is 52.2. The van der Waals surface area contributed by atoms with Crippen molar-refractivity contribution < 1.29 is 8.83 Å². The second-order valence-corrected chi connectivity index (χ2v) is 27.0. The number of nitrogens with zero attached hydrogens (tertiary/aromatic N) is 4. The van der Waals surface area contributed by atoms with Crippen LogP contribution in [-0.2, 0) is 10.8 Å². The molecule has 0 aliphatic heterocycles. The standard InChI is InChI=1S/C86H64N4O2/c1-85(2,3)57-25-31-59(32-26-57)89-75-45-43-72-71(83(75)73-41-37-63(49-77(73)89)87(61-29-23-53-15-7-9-17-55(53)47-61)65-35-39-69-67-19-11-13-21-79(67)91-81(69)51-65)44-46-76-84(72)74-42-38-64(50-78(74)90(76)60-33-27-58(28-34-60)86(4,5)6)88(62-30-24-54-16-8-10-18-56(54)48-62)66-36-40-70-68-20-12-14-22-80(68)92-82(70)52-66/h7-52H,1-6H3. The molecule has 0 saturated heterocycles. The van der Waals surface area contributed by atoms with Crippen LogP contribution in [0.5, 0.6) is 0 Å². The van der Waals surface area contributed by atoms with Crippen molar-refractivity contribution >= 4 is 154 Å². The molecule has 440 valence electrons. The Hall–Kier alpha value is -11.3. The first-order valence-corrected chi connectivity index (χ1v) is 32.0. The molecular formula is C86H64N4O2. The van der Waals surface area contributed by atoms with Crippen molar-refractivity contribution in [3.05, 3.63) is 290 Å². The molecule has 18 rings (SSSR count). The summed E-state index contributed by atoms with van der Waals surface area (Å²) in [5.74, 6) is 0. The Morgan fingerprint density at radius 3 is 0.989 bits per heavy atom. The van der Waals surface area contributed by atoms with E-state index >= 15 is 0 Å². The fraction of sp³-hybridized carbons (Fsp3) is 0.0930. The first-order valence-electron chi connectivity index (χ1n) is 32.0. The molecule has 0 atom stereocenters. The summed E-state index contributed by atoms with van der Waals surface area (Å²) in [4.78, 5) is 4.78. The van der Waals surface area contributed by atoms with Crippen LogP contribution in [0.25, 0.3) is 131 Å². The largest absolute Gasteiger partial charge is 0.456 e. The van der Waals surface area contributed by atoms with E-state index in [0.717, 1.165) is 111 Å². The predicted octanol–water partition coefficient (Wildman–Crippen LogP) is 24.7. The van der Waals surface area contributed by atoms with E-state index in [9.17, 15) is 0 Å². The molecule has 0 N–H and O–H groups in total. The first-order chi connectivity index (χ1) is 44.8. The molecule has 0 aliphatic carbocycles. The average Bonchev–Trinajstić information content (AvgIpc) is 1.54. The van der Waals surface area contributed by atoms with Crippen LogP contribution in [0.4, 0.5) is 34.1 Å². The highest BCUT2D eigenvalue weighted by atomic mass is 16.3. The van der Waals surface area contributed by atoms with E-state index in [0.29, 0.717) is 0 Å². The number of furan rings is 2. The number of rotatable bonds is 8. The quantitative estimate of drug-likeness (QED) is 0.152. The Morgan fingerprint density at radius 2 is 0.576 bits per heavy atom. The lowest BCUT2D eigenvalue weighted by Gasteiger charge is -2.26. The summed E-state index contributed by atoms with van der Waals surface area (Å²) in [6.07, 6.45) is 0. The topological polar surface area (TPSA) is 42.6 Å². The van der Waals surface area contributed by atoms with Gasteiger partial charge in [0.15, 0.2) is 0 Å². The molecule has 92 heavy (non-hydrogen) atoms. The third-order valence-corrected chi connectivity index (χ3v) is 19.3. The minimum atomic E-state index is -0.0115. The van der Waals surface area contributed by atoms with Gasteiger partial charge in [0.1, 0.15) is 22.3 Å². The minimum Gasteiger partial charge on any atom is -0.456 e. The summed E-state index contributed by atoms with van der Waals surface area (Å²) in [7, 11) is 0. The van der Waals surface area contributed by atoms with Crippen LogP contribution in [0.15, 0.2) is 288 Å². The maximum absolute atomic E-state index is 6.60. The van der Waals surface area contributed by atoms with Gasteiger partial charge >= 0.3 is 0 Å². The second kappa shape index (κ2) is 20.1. The molecule has 0 aliphatic rings. The molecule has 4 heterocycles. The fourth-order valence-electron chi connectivity index (χ4n) is 14.7. The van der Waals surface area contributed by atoms with Gasteiger partial charge in [-0.2, -0.15) is 0 Å². The maximum Gasteiger partial charge on any atom is 0.137 e. The molecule has 0 unspecified atom stereocenters. The third kappa shape index (κ3) is 8.47. The normalized spacial score (nSPS) is 12.5. The molecule has 14 aromatic carbocycles. The van der Waals surface area contributed by atoms with Crippen molar-refractivity contribution in [2.75, 3.05) is 9.80 Å². The van der Waals surface area contributed by atoms with Gasteiger partial charge in [0.05, 0.1) is 22.1 Å². The highest BCUT2D eigenvalue weighted by molar-refractivity contribution is 6.30. The Morgan fingerprint density at radius 1 is 0.250 bits per heavy atom. The average molecular weight is 1190 g/mol. The molecule has 6 heteroatoms. The van der Waals surface area contributed by atoms with Gasteiger partial charge in [-0.05, 0) is 176 Å². The molecule has 0 radical (unpaired) electrons. The maximum atomic E-state index is 6.60. The van der Waals surface area contributed by atoms with Gasteiger partial charge in [-0.15, -0.1) is 0 Å². The Balaban J connectivity index is 0.880. The van der Waals surface area contributed by atoms with Crippen molar-refractivity contribution in [1.82, 2.24) is 9.13 Å². The van der Waals surface area contributed by atoms with Gasteiger partial charge in [-0.25, -0.2) is 0 Å². The number of hydrogen-bond donors (Lipinski definition) is 0. The lowest BCUT2D eigenvalue weighted by Crippen LogP contribution is -2.11. The molecule has 0 amide bonds. The summed E-state index contributed by atoms with van der Waals surface area (Å²) in [6, 6.07) is 103. The van der Waals surface area contributed by atoms with Gasteiger partial charge in [-0.3, -0.25) is 0 Å². The lowest BCUT2D eigenvalue weighted by molar-refractivity contribution is 0.590. The van der Waals surface area contributed by atoms with Crippen LogP contribution < -0.4 is 9.80 Å². The summed E-state index contributed by atoms with van der Waals surface area (Å²) < 4.78 is 18.2. The monoisotopic (exact) mass is 1180 g/mol. The number of para-hydroxylation sites is 2. The van der Waals surface area contributed by atoms with Crippen LogP contribution in [0, 0.1) is 0 Å². The van der Waals surface area contributed by atoms with Crippen molar-refractivity contribution in [2.45, 2.75) is 52.4 Å². The number of aromatic nitrogens is 2. The van der Waals surface area contributed by atoms with Crippen LogP contribution >= 0.6 is 0 Å². The summed E-state index contributed by atoms with van der Waals surface area (Å²) in [5, 5.41) is 16.3. The molecular weight excluding hydrogens is 1120 g/mol. The van der Waals surface area contributed by atoms with Crippen LogP contribution in [0.3, 0.4) is 0 Å². The summed E-state index contributed by atoms with van der Waals surface area (Å²) in [5.41, 5.74) is 19.0. The van der Waals surface area contributed by atoms with E-state index in [4.69, 9.17) is 8.83 Å². The van der Waals surface area contributed by atoms with Gasteiger partial charge in [-0.1, -0.05) is 187 Å². The number of fused-ring (bicyclic) bond motifs is 17. The van der Waals surface area contributed by atoms with Crippen LogP contribution in [-0.4, -0.2) is 9.13 Å². The fourth-order valence-corrected chi connectivity index (χ4v) is 14.7. The van der Waals surface area contributed by atoms with Crippen molar-refractivity contribution in [2.24, 2.45) is 0 Å². The smallest absolute Gasteiger partial charge is 0.137 e. The SMILES string of the molecule is CC(C)(C)c1ccc(-n2c3cc(N(c4ccc5ccccc5c4)c4ccc5c(c4)oc4ccccc45)ccc3c3c4ccc5c(c4ccc32)c2ccc(N(c3ccc4ccccc4c3)c3ccc4c(c3)oc3ccccc34)cc2n5-c2ccc(C(C)(C)C)cc2)cc1. The highest BCUT2D eigenvalue weighted by Crippen LogP contribution is 2.48. The van der Waals surface area contributed by atoms with E-state index < -0.39 is 0 Å². The molecule has 6 nitrogen and oxygen atoms in total. The highest BCUT2D eigenvalue weighted by Gasteiger charge is 2.26. The third-order valence-electron chi connectivity index (χ3n) is 19.3. The molecule has 0 bridgehead atoms. The zero-order chi connectivity index (χ0) is 61.7. The Labute approximate surface area is 532 Å².